The molecular formula is C20H17F4N7O2. The van der Waals surface area contributed by atoms with Gasteiger partial charge in [-0.25, -0.2) is 14.4 Å². The van der Waals surface area contributed by atoms with Crippen molar-refractivity contribution in [1.29, 1.82) is 0 Å². The van der Waals surface area contributed by atoms with Crippen LogP contribution in [0.3, 0.4) is 0 Å². The number of nitrogens with zero attached hydrogens (tertiary/aromatic N) is 3. The van der Waals surface area contributed by atoms with Gasteiger partial charge in [0.15, 0.2) is 11.6 Å². The normalized spacial score (nSPS) is 10.9. The maximum Gasteiger partial charge on any atom is 0.416 e. The van der Waals surface area contributed by atoms with Crippen LogP contribution in [0.5, 0.6) is 0 Å². The second-order valence-electron chi connectivity index (χ2n) is 6.66. The Kier molecular flexibility index (Phi) is 7.00. The highest BCUT2D eigenvalue weighted by Crippen LogP contribution is 2.31. The van der Waals surface area contributed by atoms with Crippen molar-refractivity contribution in [2.24, 2.45) is 0 Å². The fourth-order valence-electron chi connectivity index (χ4n) is 2.48. The van der Waals surface area contributed by atoms with E-state index in [0.717, 1.165) is 18.3 Å². The summed E-state index contributed by atoms with van der Waals surface area (Å²) < 4.78 is 52.1. The van der Waals surface area contributed by atoms with Gasteiger partial charge in [0.1, 0.15) is 11.5 Å². The topological polar surface area (TPSA) is 121 Å². The van der Waals surface area contributed by atoms with E-state index in [4.69, 9.17) is 0 Å². The van der Waals surface area contributed by atoms with Gasteiger partial charge in [-0.1, -0.05) is 6.07 Å². The first kappa shape index (κ1) is 23.4. The van der Waals surface area contributed by atoms with Gasteiger partial charge in [0.2, 0.25) is 5.95 Å². The quantitative estimate of drug-likeness (QED) is 0.296. The van der Waals surface area contributed by atoms with Crippen LogP contribution >= 0.6 is 0 Å². The number of halogens is 4. The predicted molar refractivity (Wildman–Crippen MR) is 111 cm³/mol. The smallest absolute Gasteiger partial charge is 0.360 e. The van der Waals surface area contributed by atoms with Gasteiger partial charge in [-0.3, -0.25) is 20.4 Å². The maximum atomic E-state index is 13.7. The molecule has 13 heteroatoms. The first-order chi connectivity index (χ1) is 15.6. The van der Waals surface area contributed by atoms with Crippen molar-refractivity contribution in [3.05, 3.63) is 65.9 Å². The summed E-state index contributed by atoms with van der Waals surface area (Å²) in [5.74, 6) is -2.04. The van der Waals surface area contributed by atoms with E-state index in [-0.39, 0.29) is 35.5 Å². The number of alkyl halides is 3. The SMILES string of the molecule is CC(=O)CNc1nc(NNC(=O)c2ccc(Nc3cccc(C(F)(F)F)c3)cn2)ncc1F. The zero-order valence-corrected chi connectivity index (χ0v) is 17.0. The van der Waals surface area contributed by atoms with Crippen molar-refractivity contribution < 1.29 is 27.2 Å². The molecule has 2 aromatic heterocycles. The number of amides is 1. The number of aromatic nitrogens is 3. The average molecular weight is 463 g/mol. The molecule has 0 saturated heterocycles. The van der Waals surface area contributed by atoms with Gasteiger partial charge >= 0.3 is 6.18 Å². The number of Topliss-reactive ketones (excluding diaryl/α,β-unsaturated/α-hetero) is 1. The van der Waals surface area contributed by atoms with Gasteiger partial charge in [0.05, 0.1) is 30.2 Å². The zero-order chi connectivity index (χ0) is 24.0. The van der Waals surface area contributed by atoms with Crippen LogP contribution in [0.4, 0.5) is 40.7 Å². The van der Waals surface area contributed by atoms with E-state index in [2.05, 4.69) is 36.4 Å². The van der Waals surface area contributed by atoms with E-state index in [9.17, 15) is 27.2 Å². The largest absolute Gasteiger partial charge is 0.416 e. The summed E-state index contributed by atoms with van der Waals surface area (Å²) in [6.07, 6.45) is -2.34. The lowest BCUT2D eigenvalue weighted by Crippen LogP contribution is -2.31. The molecule has 172 valence electrons. The molecular weight excluding hydrogens is 446 g/mol. The molecule has 33 heavy (non-hydrogen) atoms. The minimum absolute atomic E-state index is 0.0193. The standard InChI is InChI=1S/C20H17F4N7O2/c1-11(32)8-26-17-15(21)10-27-19(29-17)31-30-18(33)16-6-5-14(9-25-16)28-13-4-2-3-12(7-13)20(22,23)24/h2-7,9-10,28H,8H2,1H3,(H,30,33)(H2,26,27,29,31). The zero-order valence-electron chi connectivity index (χ0n) is 17.0. The van der Waals surface area contributed by atoms with Gasteiger partial charge < -0.3 is 10.6 Å². The Labute approximate surface area is 184 Å². The molecule has 9 nitrogen and oxygen atoms in total. The number of benzene rings is 1. The monoisotopic (exact) mass is 463 g/mol. The number of hydrogen-bond acceptors (Lipinski definition) is 8. The highest BCUT2D eigenvalue weighted by Gasteiger charge is 2.30. The van der Waals surface area contributed by atoms with E-state index >= 15 is 0 Å². The van der Waals surface area contributed by atoms with Crippen LogP contribution in [-0.4, -0.2) is 33.2 Å². The van der Waals surface area contributed by atoms with Crippen LogP contribution in [0, 0.1) is 5.82 Å². The fraction of sp³-hybridized carbons (Fsp3) is 0.150. The Morgan fingerprint density at radius 3 is 2.48 bits per heavy atom. The number of carbonyl (C=O) groups is 2. The number of pyridine rings is 1. The molecule has 0 radical (unpaired) electrons. The molecule has 3 rings (SSSR count). The Balaban J connectivity index is 1.60. The van der Waals surface area contributed by atoms with E-state index < -0.39 is 23.5 Å². The second kappa shape index (κ2) is 9.89. The minimum Gasteiger partial charge on any atom is -0.360 e. The van der Waals surface area contributed by atoms with Crippen molar-refractivity contribution in [1.82, 2.24) is 20.4 Å². The van der Waals surface area contributed by atoms with E-state index in [0.29, 0.717) is 5.69 Å². The molecule has 0 atom stereocenters. The van der Waals surface area contributed by atoms with Gasteiger partial charge in [-0.2, -0.15) is 18.2 Å². The molecule has 0 aliphatic carbocycles. The Morgan fingerprint density at radius 2 is 1.82 bits per heavy atom. The summed E-state index contributed by atoms with van der Waals surface area (Å²) in [4.78, 5) is 34.7. The summed E-state index contributed by atoms with van der Waals surface area (Å²) in [6.45, 7) is 1.18. The Bertz CT molecular complexity index is 1150. The molecule has 4 N–H and O–H groups in total. The molecule has 0 unspecified atom stereocenters. The summed E-state index contributed by atoms with van der Waals surface area (Å²) in [5.41, 5.74) is 4.42. The molecule has 2 heterocycles. The third kappa shape index (κ3) is 6.59. The molecule has 0 aliphatic heterocycles. The number of nitrogens with one attached hydrogen (secondary N) is 4. The van der Waals surface area contributed by atoms with Crippen molar-refractivity contribution >= 4 is 34.8 Å². The van der Waals surface area contributed by atoms with Crippen LogP contribution in [0.25, 0.3) is 0 Å². The first-order valence-electron chi connectivity index (χ1n) is 9.34. The molecule has 0 fully saturated rings. The average Bonchev–Trinajstić information content (AvgIpc) is 2.77. The molecule has 1 aromatic carbocycles. The van der Waals surface area contributed by atoms with E-state index in [1.807, 2.05) is 0 Å². The van der Waals surface area contributed by atoms with Crippen molar-refractivity contribution in [2.45, 2.75) is 13.1 Å². The third-order valence-electron chi connectivity index (χ3n) is 4.01. The Hall–Kier alpha value is -4.29. The summed E-state index contributed by atoms with van der Waals surface area (Å²) >= 11 is 0. The number of anilines is 4. The molecule has 0 saturated carbocycles. The maximum absolute atomic E-state index is 13.7. The molecule has 3 aromatic rings. The van der Waals surface area contributed by atoms with Crippen molar-refractivity contribution in [3.8, 4) is 0 Å². The van der Waals surface area contributed by atoms with Crippen molar-refractivity contribution in [2.75, 3.05) is 22.6 Å². The second-order valence-corrected chi connectivity index (χ2v) is 6.66. The van der Waals surface area contributed by atoms with Gasteiger partial charge in [-0.05, 0) is 37.3 Å². The van der Waals surface area contributed by atoms with Crippen LogP contribution in [0.1, 0.15) is 23.0 Å². The molecule has 0 bridgehead atoms. The van der Waals surface area contributed by atoms with Gasteiger partial charge in [0, 0.05) is 5.69 Å². The number of hydrazine groups is 1. The fourth-order valence-corrected chi connectivity index (χ4v) is 2.48. The van der Waals surface area contributed by atoms with E-state index in [1.54, 1.807) is 0 Å². The lowest BCUT2D eigenvalue weighted by molar-refractivity contribution is -0.137. The predicted octanol–water partition coefficient (Wildman–Crippen LogP) is 3.53. The minimum atomic E-state index is -4.47. The van der Waals surface area contributed by atoms with Gasteiger partial charge in [-0.15, -0.1) is 0 Å². The molecule has 1 amide bonds. The highest BCUT2D eigenvalue weighted by atomic mass is 19.4. The highest BCUT2D eigenvalue weighted by molar-refractivity contribution is 5.93. The Morgan fingerprint density at radius 1 is 1.03 bits per heavy atom. The molecule has 0 aliphatic rings. The molecule has 0 spiro atoms. The lowest BCUT2D eigenvalue weighted by Gasteiger charge is -2.11. The van der Waals surface area contributed by atoms with Crippen LogP contribution in [0.15, 0.2) is 48.8 Å². The van der Waals surface area contributed by atoms with Crippen LogP contribution in [0.2, 0.25) is 0 Å². The van der Waals surface area contributed by atoms with Crippen LogP contribution < -0.4 is 21.5 Å². The third-order valence-corrected chi connectivity index (χ3v) is 4.01. The first-order valence-corrected chi connectivity index (χ1v) is 9.34. The van der Waals surface area contributed by atoms with E-state index in [1.165, 1.54) is 37.4 Å². The number of carbonyl (C=O) groups excluding carboxylic acids is 2. The summed E-state index contributed by atoms with van der Waals surface area (Å²) in [7, 11) is 0. The summed E-state index contributed by atoms with van der Waals surface area (Å²) in [6, 6.07) is 7.44. The number of rotatable bonds is 8. The number of ketones is 1. The van der Waals surface area contributed by atoms with Crippen molar-refractivity contribution in [3.63, 3.8) is 0 Å². The lowest BCUT2D eigenvalue weighted by atomic mass is 10.2. The van der Waals surface area contributed by atoms with Gasteiger partial charge in [0.25, 0.3) is 5.91 Å². The number of hydrogen-bond donors (Lipinski definition) is 4. The summed E-state index contributed by atoms with van der Waals surface area (Å²) in [5, 5.41) is 5.28. The van der Waals surface area contributed by atoms with Crippen LogP contribution in [-0.2, 0) is 11.0 Å².